The normalized spacial score (nSPS) is 10.5. The first-order valence-electron chi connectivity index (χ1n) is 3.60. The maximum Gasteiger partial charge on any atom is 0.143 e. The van der Waals surface area contributed by atoms with Gasteiger partial charge in [0.25, 0.3) is 0 Å². The Morgan fingerprint density at radius 3 is 2.77 bits per heavy atom. The smallest absolute Gasteiger partial charge is 0.143 e. The highest BCUT2D eigenvalue weighted by atomic mass is 79.9. The number of halogens is 3. The Bertz CT molecular complexity index is 285. The summed E-state index contributed by atoms with van der Waals surface area (Å²) in [5.74, 6) is 4.41. The molecular formula is C8H8BrClFNO. The number of hydrogen-bond acceptors (Lipinski definition) is 2. The van der Waals surface area contributed by atoms with Crippen LogP contribution in [0, 0.1) is 5.82 Å². The van der Waals surface area contributed by atoms with Gasteiger partial charge in [-0.15, -0.1) is 0 Å². The van der Waals surface area contributed by atoms with Crippen LogP contribution in [0.1, 0.15) is 5.56 Å². The summed E-state index contributed by atoms with van der Waals surface area (Å²) in [4.78, 5) is 4.38. The Labute approximate surface area is 88.9 Å². The van der Waals surface area contributed by atoms with Gasteiger partial charge in [0.05, 0.1) is 11.6 Å². The van der Waals surface area contributed by atoms with E-state index in [0.717, 1.165) is 5.56 Å². The monoisotopic (exact) mass is 267 g/mol. The maximum absolute atomic E-state index is 13.0. The van der Waals surface area contributed by atoms with Crippen LogP contribution < -0.4 is 5.90 Å². The predicted molar refractivity (Wildman–Crippen MR) is 53.0 cm³/mol. The van der Waals surface area contributed by atoms with E-state index in [0.29, 0.717) is 17.5 Å². The van der Waals surface area contributed by atoms with Gasteiger partial charge in [0.2, 0.25) is 0 Å². The summed E-state index contributed by atoms with van der Waals surface area (Å²) < 4.78 is 13.6. The van der Waals surface area contributed by atoms with Crippen molar-refractivity contribution in [1.82, 2.24) is 0 Å². The van der Waals surface area contributed by atoms with Crippen LogP contribution in [0.15, 0.2) is 16.6 Å². The van der Waals surface area contributed by atoms with E-state index in [1.807, 2.05) is 0 Å². The van der Waals surface area contributed by atoms with Crippen molar-refractivity contribution in [3.05, 3.63) is 33.0 Å². The summed E-state index contributed by atoms with van der Waals surface area (Å²) in [6, 6.07) is 3.11. The number of hydrogen-bond donors (Lipinski definition) is 1. The second-order valence-electron chi connectivity index (χ2n) is 2.49. The lowest BCUT2D eigenvalue weighted by atomic mass is 10.1. The van der Waals surface area contributed by atoms with Crippen LogP contribution in [-0.2, 0) is 11.3 Å². The minimum absolute atomic E-state index is 0.0948. The van der Waals surface area contributed by atoms with E-state index >= 15 is 0 Å². The summed E-state index contributed by atoms with van der Waals surface area (Å²) in [7, 11) is 0. The number of rotatable bonds is 3. The summed E-state index contributed by atoms with van der Waals surface area (Å²) in [6.45, 7) is 0.355. The molecule has 0 spiro atoms. The minimum atomic E-state index is -0.442. The lowest BCUT2D eigenvalue weighted by molar-refractivity contribution is 0.141. The van der Waals surface area contributed by atoms with Crippen molar-refractivity contribution < 1.29 is 9.23 Å². The molecule has 0 unspecified atom stereocenters. The van der Waals surface area contributed by atoms with E-state index < -0.39 is 5.82 Å². The lowest BCUT2D eigenvalue weighted by Crippen LogP contribution is -2.04. The molecule has 0 aromatic heterocycles. The third-order valence-electron chi connectivity index (χ3n) is 1.55. The molecule has 0 atom stereocenters. The van der Waals surface area contributed by atoms with Gasteiger partial charge in [-0.05, 0) is 40.0 Å². The van der Waals surface area contributed by atoms with Gasteiger partial charge in [-0.25, -0.2) is 10.3 Å². The van der Waals surface area contributed by atoms with Gasteiger partial charge in [0.1, 0.15) is 5.82 Å². The fraction of sp³-hybridized carbons (Fsp3) is 0.250. The van der Waals surface area contributed by atoms with Crippen molar-refractivity contribution in [1.29, 1.82) is 0 Å². The van der Waals surface area contributed by atoms with Crippen molar-refractivity contribution in [3.8, 4) is 0 Å². The Balaban J connectivity index is 2.86. The van der Waals surface area contributed by atoms with E-state index in [2.05, 4.69) is 20.8 Å². The van der Waals surface area contributed by atoms with E-state index in [4.69, 9.17) is 17.5 Å². The van der Waals surface area contributed by atoms with Gasteiger partial charge < -0.3 is 4.84 Å². The highest BCUT2D eigenvalue weighted by molar-refractivity contribution is 9.10. The summed E-state index contributed by atoms with van der Waals surface area (Å²) in [6.07, 6.45) is 0.559. The molecule has 0 saturated heterocycles. The highest BCUT2D eigenvalue weighted by Crippen LogP contribution is 2.26. The lowest BCUT2D eigenvalue weighted by Gasteiger charge is -2.03. The first-order chi connectivity index (χ1) is 6.15. The number of benzene rings is 1. The van der Waals surface area contributed by atoms with E-state index in [1.54, 1.807) is 6.07 Å². The second-order valence-corrected chi connectivity index (χ2v) is 3.73. The van der Waals surface area contributed by atoms with Crippen LogP contribution in [0.5, 0.6) is 0 Å². The average Bonchev–Trinajstić information content (AvgIpc) is 2.10. The van der Waals surface area contributed by atoms with Crippen LogP contribution in [0.25, 0.3) is 0 Å². The van der Waals surface area contributed by atoms with Gasteiger partial charge in [0, 0.05) is 4.47 Å². The Hall–Kier alpha value is -0.160. The molecule has 0 aliphatic rings. The quantitative estimate of drug-likeness (QED) is 0.676. The van der Waals surface area contributed by atoms with Crippen LogP contribution in [0.2, 0.25) is 5.02 Å². The molecule has 0 heterocycles. The third-order valence-corrected chi connectivity index (χ3v) is 2.79. The van der Waals surface area contributed by atoms with Crippen molar-refractivity contribution in [3.63, 3.8) is 0 Å². The molecule has 0 saturated carbocycles. The first kappa shape index (κ1) is 10.9. The largest absolute Gasteiger partial charge is 0.304 e. The zero-order valence-corrected chi connectivity index (χ0v) is 9.03. The molecule has 0 aliphatic heterocycles. The van der Waals surface area contributed by atoms with Crippen LogP contribution in [0.4, 0.5) is 4.39 Å². The van der Waals surface area contributed by atoms with Crippen LogP contribution >= 0.6 is 27.5 Å². The molecule has 13 heavy (non-hydrogen) atoms. The highest BCUT2D eigenvalue weighted by Gasteiger charge is 2.06. The van der Waals surface area contributed by atoms with Crippen molar-refractivity contribution in [2.45, 2.75) is 6.42 Å². The molecular weight excluding hydrogens is 260 g/mol. The molecule has 72 valence electrons. The molecule has 0 aliphatic carbocycles. The van der Waals surface area contributed by atoms with Crippen molar-refractivity contribution >= 4 is 27.5 Å². The Kier molecular flexibility index (Phi) is 4.12. The first-order valence-corrected chi connectivity index (χ1v) is 4.77. The maximum atomic E-state index is 13.0. The molecule has 5 heteroatoms. The van der Waals surface area contributed by atoms with Gasteiger partial charge >= 0.3 is 0 Å². The fourth-order valence-electron chi connectivity index (χ4n) is 0.929. The Morgan fingerprint density at radius 1 is 1.54 bits per heavy atom. The SMILES string of the molecule is NOCCc1cc(F)c(Cl)c(Br)c1. The zero-order chi connectivity index (χ0) is 9.84. The Morgan fingerprint density at radius 2 is 2.23 bits per heavy atom. The number of nitrogens with two attached hydrogens (primary N) is 1. The minimum Gasteiger partial charge on any atom is -0.304 e. The summed E-state index contributed by atoms with van der Waals surface area (Å²) >= 11 is 8.75. The molecule has 0 fully saturated rings. The molecule has 1 rings (SSSR count). The van der Waals surface area contributed by atoms with Gasteiger partial charge in [-0.1, -0.05) is 11.6 Å². The summed E-state index contributed by atoms with van der Waals surface area (Å²) in [5.41, 5.74) is 0.791. The molecule has 0 amide bonds. The third kappa shape index (κ3) is 2.91. The summed E-state index contributed by atoms with van der Waals surface area (Å²) in [5, 5.41) is 0.0948. The van der Waals surface area contributed by atoms with E-state index in [9.17, 15) is 4.39 Å². The fourth-order valence-corrected chi connectivity index (χ4v) is 1.52. The van der Waals surface area contributed by atoms with Gasteiger partial charge in [-0.2, -0.15) is 0 Å². The topological polar surface area (TPSA) is 35.2 Å². The molecule has 1 aromatic carbocycles. The second kappa shape index (κ2) is 4.91. The van der Waals surface area contributed by atoms with E-state index in [1.165, 1.54) is 6.07 Å². The van der Waals surface area contributed by atoms with E-state index in [-0.39, 0.29) is 5.02 Å². The van der Waals surface area contributed by atoms with Crippen LogP contribution in [0.3, 0.4) is 0 Å². The van der Waals surface area contributed by atoms with Crippen molar-refractivity contribution in [2.75, 3.05) is 6.61 Å². The molecule has 2 nitrogen and oxygen atoms in total. The van der Waals surface area contributed by atoms with Crippen LogP contribution in [-0.4, -0.2) is 6.61 Å². The van der Waals surface area contributed by atoms with Crippen molar-refractivity contribution in [2.24, 2.45) is 5.90 Å². The molecule has 2 N–H and O–H groups in total. The molecule has 0 radical (unpaired) electrons. The average molecular weight is 269 g/mol. The zero-order valence-electron chi connectivity index (χ0n) is 6.69. The van der Waals surface area contributed by atoms with Gasteiger partial charge in [-0.3, -0.25) is 0 Å². The van der Waals surface area contributed by atoms with Gasteiger partial charge in [0.15, 0.2) is 0 Å². The molecule has 0 bridgehead atoms. The standard InChI is InChI=1S/C8H8BrClFNO/c9-6-3-5(1-2-13-12)4-7(11)8(6)10/h3-4H,1-2,12H2. The predicted octanol–water partition coefficient (Wildman–Crippen LogP) is 2.67. The molecule has 1 aromatic rings.